The van der Waals surface area contributed by atoms with E-state index in [2.05, 4.69) is 22.9 Å². The molecule has 0 saturated carbocycles. The Kier molecular flexibility index (Phi) is 7.38. The quantitative estimate of drug-likeness (QED) is 0.687. The van der Waals surface area contributed by atoms with E-state index in [0.717, 1.165) is 37.7 Å². The molecule has 0 radical (unpaired) electrons. The fourth-order valence-corrected chi connectivity index (χ4v) is 4.23. The Bertz CT molecular complexity index is 830. The van der Waals surface area contributed by atoms with Crippen molar-refractivity contribution in [3.05, 3.63) is 59.2 Å². The minimum atomic E-state index is -0.357. The van der Waals surface area contributed by atoms with Crippen LogP contribution in [0.1, 0.15) is 37.7 Å². The second-order valence-corrected chi connectivity index (χ2v) is 8.32. The zero-order valence-electron chi connectivity index (χ0n) is 17.8. The molecule has 7 nitrogen and oxygen atoms in total. The van der Waals surface area contributed by atoms with Gasteiger partial charge in [-0.15, -0.1) is 0 Å². The number of nitrogens with zero attached hydrogens (tertiary/aromatic N) is 1. The van der Waals surface area contributed by atoms with Gasteiger partial charge in [0, 0.05) is 32.7 Å². The van der Waals surface area contributed by atoms with E-state index in [4.69, 9.17) is 9.57 Å². The zero-order chi connectivity index (χ0) is 21.5. The van der Waals surface area contributed by atoms with E-state index in [1.165, 1.54) is 11.1 Å². The summed E-state index contributed by atoms with van der Waals surface area (Å²) in [7, 11) is 0. The molecule has 166 valence electrons. The normalized spacial score (nSPS) is 23.3. The summed E-state index contributed by atoms with van der Waals surface area (Å²) in [5, 5.41) is 3.02. The Morgan fingerprint density at radius 3 is 2.87 bits per heavy atom. The van der Waals surface area contributed by atoms with Gasteiger partial charge in [0.25, 0.3) is 5.91 Å². The van der Waals surface area contributed by atoms with Gasteiger partial charge in [0.2, 0.25) is 0 Å². The molecule has 3 aliphatic rings. The van der Waals surface area contributed by atoms with Gasteiger partial charge in [-0.2, -0.15) is 0 Å². The van der Waals surface area contributed by atoms with Crippen molar-refractivity contribution in [2.75, 3.05) is 26.2 Å². The summed E-state index contributed by atoms with van der Waals surface area (Å²) >= 11 is 0. The summed E-state index contributed by atoms with van der Waals surface area (Å²) < 4.78 is 5.49. The van der Waals surface area contributed by atoms with Crippen molar-refractivity contribution in [2.24, 2.45) is 5.92 Å². The minimum absolute atomic E-state index is 0.0455. The van der Waals surface area contributed by atoms with Crippen LogP contribution in [0.5, 0.6) is 0 Å². The number of benzene rings is 1. The Labute approximate surface area is 183 Å². The number of carbonyl (C=O) groups is 2. The average Bonchev–Trinajstić information content (AvgIpc) is 2.83. The largest absolute Gasteiger partial charge is 0.350 e. The van der Waals surface area contributed by atoms with Gasteiger partial charge in [-0.1, -0.05) is 42.5 Å². The third kappa shape index (κ3) is 5.95. The number of hydrogen-bond donors (Lipinski definition) is 2. The van der Waals surface area contributed by atoms with Gasteiger partial charge in [0.1, 0.15) is 0 Å². The van der Waals surface area contributed by atoms with Crippen molar-refractivity contribution >= 4 is 11.9 Å². The van der Waals surface area contributed by atoms with Gasteiger partial charge in [0.05, 0.1) is 5.92 Å². The lowest BCUT2D eigenvalue weighted by Crippen LogP contribution is -2.45. The number of urea groups is 1. The van der Waals surface area contributed by atoms with Crippen molar-refractivity contribution in [3.8, 4) is 0 Å². The van der Waals surface area contributed by atoms with Crippen molar-refractivity contribution in [1.29, 1.82) is 0 Å². The Hall–Kier alpha value is -2.64. The molecule has 4 rings (SSSR count). The lowest BCUT2D eigenvalue weighted by Gasteiger charge is -2.33. The third-order valence-electron chi connectivity index (χ3n) is 6.07. The molecule has 2 N–H and O–H groups in total. The Morgan fingerprint density at radius 1 is 1.19 bits per heavy atom. The molecule has 0 spiro atoms. The lowest BCUT2D eigenvalue weighted by atomic mass is 9.86. The second-order valence-electron chi connectivity index (χ2n) is 8.32. The molecule has 0 aromatic heterocycles. The Balaban J connectivity index is 1.23. The highest BCUT2D eigenvalue weighted by atomic mass is 16.8. The van der Waals surface area contributed by atoms with Crippen molar-refractivity contribution in [1.82, 2.24) is 15.7 Å². The van der Waals surface area contributed by atoms with Crippen LogP contribution in [0, 0.1) is 5.92 Å². The molecular formula is C24H31N3O4. The van der Waals surface area contributed by atoms with Crippen molar-refractivity contribution in [3.63, 3.8) is 0 Å². The number of amides is 3. The number of carbonyl (C=O) groups excluding carboxylic acids is 2. The lowest BCUT2D eigenvalue weighted by molar-refractivity contribution is -0.201. The number of rotatable bonds is 6. The minimum Gasteiger partial charge on any atom is -0.350 e. The van der Waals surface area contributed by atoms with Crippen LogP contribution in [-0.2, 0) is 20.8 Å². The number of hydrogen-bond acceptors (Lipinski definition) is 4. The van der Waals surface area contributed by atoms with Crippen LogP contribution in [0.3, 0.4) is 0 Å². The summed E-state index contributed by atoms with van der Waals surface area (Å²) in [5.74, 6) is -0.454. The highest BCUT2D eigenvalue weighted by Gasteiger charge is 2.29. The topological polar surface area (TPSA) is 79.9 Å². The molecule has 31 heavy (non-hydrogen) atoms. The first kappa shape index (κ1) is 21.6. The number of allylic oxidation sites excluding steroid dienone is 1. The van der Waals surface area contributed by atoms with Gasteiger partial charge in [0.15, 0.2) is 6.29 Å². The third-order valence-corrected chi connectivity index (χ3v) is 6.07. The van der Waals surface area contributed by atoms with Crippen LogP contribution in [0.2, 0.25) is 0 Å². The molecule has 0 bridgehead atoms. The molecule has 2 unspecified atom stereocenters. The highest BCUT2D eigenvalue weighted by molar-refractivity contribution is 5.80. The number of nitrogens with one attached hydrogen (secondary N) is 2. The number of hydroxylamine groups is 1. The molecule has 1 aromatic rings. The van der Waals surface area contributed by atoms with E-state index >= 15 is 0 Å². The molecular weight excluding hydrogens is 394 g/mol. The highest BCUT2D eigenvalue weighted by Crippen LogP contribution is 2.30. The Morgan fingerprint density at radius 2 is 2.06 bits per heavy atom. The van der Waals surface area contributed by atoms with E-state index in [0.29, 0.717) is 32.7 Å². The van der Waals surface area contributed by atoms with E-state index < -0.39 is 0 Å². The van der Waals surface area contributed by atoms with E-state index in [1.54, 1.807) is 0 Å². The van der Waals surface area contributed by atoms with Crippen LogP contribution in [0.25, 0.3) is 0 Å². The van der Waals surface area contributed by atoms with Crippen LogP contribution >= 0.6 is 0 Å². The zero-order valence-corrected chi connectivity index (χ0v) is 17.8. The number of ether oxygens (including phenoxy) is 1. The van der Waals surface area contributed by atoms with Crippen LogP contribution in [0.4, 0.5) is 4.79 Å². The summed E-state index contributed by atoms with van der Waals surface area (Å²) in [6.45, 7) is 2.53. The smallest absolute Gasteiger partial charge is 0.317 e. The second kappa shape index (κ2) is 10.6. The molecule has 2 heterocycles. The molecule has 7 heteroatoms. The molecule has 1 aliphatic carbocycles. The molecule has 1 aromatic carbocycles. The first-order valence-electron chi connectivity index (χ1n) is 11.2. The van der Waals surface area contributed by atoms with Crippen molar-refractivity contribution in [2.45, 2.75) is 44.8 Å². The SMILES string of the molecule is O=C(NOC1CCCCO1)C1C=CC2=C(C1)CN(C(=O)NCCc1ccccc1)CC2. The maximum absolute atomic E-state index is 12.6. The van der Waals surface area contributed by atoms with Gasteiger partial charge in [-0.05, 0) is 48.8 Å². The van der Waals surface area contributed by atoms with Gasteiger partial charge < -0.3 is 15.0 Å². The first-order chi connectivity index (χ1) is 15.2. The molecule has 2 aliphatic heterocycles. The van der Waals surface area contributed by atoms with Gasteiger partial charge in [-0.3, -0.25) is 4.79 Å². The van der Waals surface area contributed by atoms with Crippen molar-refractivity contribution < 1.29 is 19.2 Å². The van der Waals surface area contributed by atoms with E-state index in [-0.39, 0.29) is 24.1 Å². The van der Waals surface area contributed by atoms with Gasteiger partial charge in [-0.25, -0.2) is 15.1 Å². The molecule has 1 saturated heterocycles. The van der Waals surface area contributed by atoms with E-state index in [1.807, 2.05) is 35.3 Å². The molecule has 2 atom stereocenters. The van der Waals surface area contributed by atoms with Crippen LogP contribution in [-0.4, -0.2) is 49.4 Å². The summed E-state index contributed by atoms with van der Waals surface area (Å²) in [6, 6.07) is 10.1. The molecule has 3 amide bonds. The maximum atomic E-state index is 12.6. The van der Waals surface area contributed by atoms with Crippen LogP contribution < -0.4 is 10.8 Å². The first-order valence-corrected chi connectivity index (χ1v) is 11.2. The fraction of sp³-hybridized carbons (Fsp3) is 0.500. The predicted molar refractivity (Wildman–Crippen MR) is 117 cm³/mol. The average molecular weight is 426 g/mol. The summed E-state index contributed by atoms with van der Waals surface area (Å²) in [5.41, 5.74) is 6.17. The maximum Gasteiger partial charge on any atom is 0.317 e. The summed E-state index contributed by atoms with van der Waals surface area (Å²) in [6.07, 6.45) is 8.73. The van der Waals surface area contributed by atoms with Crippen LogP contribution in [0.15, 0.2) is 53.6 Å². The van der Waals surface area contributed by atoms with E-state index in [9.17, 15) is 9.59 Å². The summed E-state index contributed by atoms with van der Waals surface area (Å²) in [4.78, 5) is 32.4. The fourth-order valence-electron chi connectivity index (χ4n) is 4.23. The monoisotopic (exact) mass is 425 g/mol. The molecule has 1 fully saturated rings. The standard InChI is InChI=1S/C24H31N3O4/c28-23(26-31-22-8-4-5-15-30-22)20-10-9-19-12-14-27(17-21(19)16-20)24(29)25-13-11-18-6-2-1-3-7-18/h1-3,6-7,9-10,20,22H,4-5,8,11-17H2,(H,25,29)(H,26,28). The van der Waals surface area contributed by atoms with Gasteiger partial charge >= 0.3 is 6.03 Å². The predicted octanol–water partition coefficient (Wildman–Crippen LogP) is 3.09.